The second kappa shape index (κ2) is 7.72. The van der Waals surface area contributed by atoms with Gasteiger partial charge in [-0.05, 0) is 35.8 Å². The van der Waals surface area contributed by atoms with Crippen molar-refractivity contribution in [3.05, 3.63) is 38.3 Å². The van der Waals surface area contributed by atoms with E-state index in [2.05, 4.69) is 21.2 Å². The highest BCUT2D eigenvalue weighted by molar-refractivity contribution is 9.10. The van der Waals surface area contributed by atoms with Gasteiger partial charge < -0.3 is 10.2 Å². The minimum absolute atomic E-state index is 0.0998. The van der Waals surface area contributed by atoms with Crippen molar-refractivity contribution in [1.29, 1.82) is 0 Å². The Bertz CT molecular complexity index is 558. The smallest absolute Gasteiger partial charge is 0.284 e. The van der Waals surface area contributed by atoms with E-state index in [0.29, 0.717) is 13.1 Å². The third kappa shape index (κ3) is 4.25. The molecular weight excluding hydrogens is 342 g/mol. The lowest BCUT2D eigenvalue weighted by molar-refractivity contribution is -0.385. The van der Waals surface area contributed by atoms with Crippen LogP contribution < -0.4 is 5.32 Å². The molecule has 0 saturated heterocycles. The summed E-state index contributed by atoms with van der Waals surface area (Å²) in [5.41, 5.74) is -0.0748. The Morgan fingerprint density at radius 2 is 1.95 bits per heavy atom. The van der Waals surface area contributed by atoms with Crippen LogP contribution in [0, 0.1) is 10.1 Å². The molecule has 0 bridgehead atoms. The van der Waals surface area contributed by atoms with E-state index in [1.54, 1.807) is 4.90 Å². The molecular formula is C13H16BrN3O4. The van der Waals surface area contributed by atoms with Gasteiger partial charge in [0.15, 0.2) is 0 Å². The number of hydrogen-bond acceptors (Lipinski definition) is 4. The average molecular weight is 358 g/mol. The monoisotopic (exact) mass is 357 g/mol. The first-order chi connectivity index (χ1) is 9.92. The first kappa shape index (κ1) is 17.1. The maximum absolute atomic E-state index is 12.0. The standard InChI is InChI=1S/C13H16BrN3O4/c1-3-16(4-2)11(18)8-15-13(19)9-6-5-7-10(12(9)14)17(20)21/h5-7H,3-4,8H2,1-2H3,(H,15,19). The van der Waals surface area contributed by atoms with Gasteiger partial charge in [-0.25, -0.2) is 0 Å². The fourth-order valence-electron chi connectivity index (χ4n) is 1.78. The number of amides is 2. The molecule has 1 rings (SSSR count). The molecule has 0 unspecified atom stereocenters. The molecule has 0 fully saturated rings. The first-order valence-electron chi connectivity index (χ1n) is 6.41. The molecule has 0 spiro atoms. The van der Waals surface area contributed by atoms with Gasteiger partial charge in [-0.3, -0.25) is 19.7 Å². The summed E-state index contributed by atoms with van der Waals surface area (Å²) in [6.45, 7) is 4.67. The zero-order valence-electron chi connectivity index (χ0n) is 11.8. The molecule has 0 aliphatic rings. The lowest BCUT2D eigenvalue weighted by Crippen LogP contribution is -2.40. The Hall–Kier alpha value is -1.96. The number of carbonyl (C=O) groups is 2. The molecule has 0 saturated carbocycles. The molecule has 1 aromatic rings. The summed E-state index contributed by atoms with van der Waals surface area (Å²) >= 11 is 3.05. The van der Waals surface area contributed by atoms with Crippen LogP contribution in [0.4, 0.5) is 5.69 Å². The molecule has 2 amide bonds. The van der Waals surface area contributed by atoms with Crippen molar-refractivity contribution in [1.82, 2.24) is 10.2 Å². The molecule has 0 heterocycles. The minimum Gasteiger partial charge on any atom is -0.343 e. The lowest BCUT2D eigenvalue weighted by Gasteiger charge is -2.18. The zero-order chi connectivity index (χ0) is 16.0. The highest BCUT2D eigenvalue weighted by Crippen LogP contribution is 2.28. The molecule has 114 valence electrons. The van der Waals surface area contributed by atoms with Crippen LogP contribution in [0.25, 0.3) is 0 Å². The number of hydrogen-bond donors (Lipinski definition) is 1. The third-order valence-corrected chi connectivity index (χ3v) is 3.77. The van der Waals surface area contributed by atoms with Crippen LogP contribution in [0.15, 0.2) is 22.7 Å². The van der Waals surface area contributed by atoms with Crippen LogP contribution in [0.2, 0.25) is 0 Å². The topological polar surface area (TPSA) is 92.6 Å². The number of nitrogens with zero attached hydrogens (tertiary/aromatic N) is 2. The number of nitro groups is 1. The van der Waals surface area contributed by atoms with Crippen molar-refractivity contribution in [3.8, 4) is 0 Å². The second-order valence-corrected chi connectivity index (χ2v) is 4.94. The van der Waals surface area contributed by atoms with Crippen molar-refractivity contribution in [2.24, 2.45) is 0 Å². The SMILES string of the molecule is CCN(CC)C(=O)CNC(=O)c1cccc([N+](=O)[O-])c1Br. The predicted octanol–water partition coefficient (Wildman–Crippen LogP) is 1.96. The van der Waals surface area contributed by atoms with Gasteiger partial charge in [0.25, 0.3) is 11.6 Å². The Morgan fingerprint density at radius 3 is 2.48 bits per heavy atom. The number of nitro benzene ring substituents is 1. The number of carbonyl (C=O) groups excluding carboxylic acids is 2. The Balaban J connectivity index is 2.79. The van der Waals surface area contributed by atoms with Gasteiger partial charge in [-0.2, -0.15) is 0 Å². The van der Waals surface area contributed by atoms with Crippen molar-refractivity contribution >= 4 is 33.4 Å². The van der Waals surface area contributed by atoms with Crippen molar-refractivity contribution in [2.45, 2.75) is 13.8 Å². The molecule has 8 heteroatoms. The normalized spacial score (nSPS) is 10.0. The van der Waals surface area contributed by atoms with E-state index >= 15 is 0 Å². The van der Waals surface area contributed by atoms with Crippen LogP contribution in [-0.2, 0) is 4.79 Å². The van der Waals surface area contributed by atoms with Gasteiger partial charge >= 0.3 is 0 Å². The van der Waals surface area contributed by atoms with Crippen LogP contribution in [0.3, 0.4) is 0 Å². The molecule has 7 nitrogen and oxygen atoms in total. The molecule has 0 aliphatic carbocycles. The number of halogens is 1. The molecule has 21 heavy (non-hydrogen) atoms. The largest absolute Gasteiger partial charge is 0.343 e. The summed E-state index contributed by atoms with van der Waals surface area (Å²) in [6.07, 6.45) is 0. The van der Waals surface area contributed by atoms with Gasteiger partial charge in [0, 0.05) is 19.2 Å². The highest BCUT2D eigenvalue weighted by atomic mass is 79.9. The third-order valence-electron chi connectivity index (χ3n) is 2.94. The van der Waals surface area contributed by atoms with Gasteiger partial charge in [-0.15, -0.1) is 0 Å². The van der Waals surface area contributed by atoms with Crippen LogP contribution in [-0.4, -0.2) is 41.3 Å². The van der Waals surface area contributed by atoms with E-state index in [1.165, 1.54) is 18.2 Å². The van der Waals surface area contributed by atoms with E-state index in [0.717, 1.165) is 0 Å². The van der Waals surface area contributed by atoms with E-state index in [9.17, 15) is 19.7 Å². The van der Waals surface area contributed by atoms with Gasteiger partial charge in [0.05, 0.1) is 17.0 Å². The van der Waals surface area contributed by atoms with E-state index in [1.807, 2.05) is 13.8 Å². The summed E-state index contributed by atoms with van der Waals surface area (Å²) in [5.74, 6) is -0.735. The minimum atomic E-state index is -0.581. The Kier molecular flexibility index (Phi) is 6.29. The summed E-state index contributed by atoms with van der Waals surface area (Å²) in [4.78, 5) is 35.6. The maximum atomic E-state index is 12.0. The van der Waals surface area contributed by atoms with Crippen molar-refractivity contribution < 1.29 is 14.5 Å². The average Bonchev–Trinajstić information content (AvgIpc) is 2.46. The molecule has 1 aromatic carbocycles. The highest BCUT2D eigenvalue weighted by Gasteiger charge is 2.20. The van der Waals surface area contributed by atoms with Gasteiger partial charge in [-0.1, -0.05) is 6.07 Å². The van der Waals surface area contributed by atoms with E-state index < -0.39 is 10.8 Å². The van der Waals surface area contributed by atoms with E-state index in [4.69, 9.17) is 0 Å². The van der Waals surface area contributed by atoms with Crippen LogP contribution in [0.5, 0.6) is 0 Å². The molecule has 0 aliphatic heterocycles. The van der Waals surface area contributed by atoms with E-state index in [-0.39, 0.29) is 28.2 Å². The number of likely N-dealkylation sites (N-methyl/N-ethyl adjacent to an activating group) is 1. The Morgan fingerprint density at radius 1 is 1.33 bits per heavy atom. The maximum Gasteiger partial charge on any atom is 0.284 e. The molecule has 0 radical (unpaired) electrons. The fraction of sp³-hybridized carbons (Fsp3) is 0.385. The van der Waals surface area contributed by atoms with Gasteiger partial charge in [0.2, 0.25) is 5.91 Å². The van der Waals surface area contributed by atoms with Crippen LogP contribution in [0.1, 0.15) is 24.2 Å². The van der Waals surface area contributed by atoms with Gasteiger partial charge in [0.1, 0.15) is 4.47 Å². The van der Waals surface area contributed by atoms with Crippen molar-refractivity contribution in [3.63, 3.8) is 0 Å². The molecule has 0 atom stereocenters. The molecule has 0 aromatic heterocycles. The fourth-order valence-corrected chi connectivity index (χ4v) is 2.36. The van der Waals surface area contributed by atoms with Crippen molar-refractivity contribution in [2.75, 3.05) is 19.6 Å². The summed E-state index contributed by atoms with van der Waals surface area (Å²) < 4.78 is 0.0998. The van der Waals surface area contributed by atoms with Crippen LogP contribution >= 0.6 is 15.9 Å². The first-order valence-corrected chi connectivity index (χ1v) is 7.20. The summed E-state index contributed by atoms with van der Waals surface area (Å²) in [6, 6.07) is 4.17. The summed E-state index contributed by atoms with van der Waals surface area (Å²) in [7, 11) is 0. The summed E-state index contributed by atoms with van der Waals surface area (Å²) in [5, 5.41) is 13.3. The Labute approximate surface area is 130 Å². The molecule has 1 N–H and O–H groups in total. The zero-order valence-corrected chi connectivity index (χ0v) is 13.3. The predicted molar refractivity (Wildman–Crippen MR) is 81.1 cm³/mol. The quantitative estimate of drug-likeness (QED) is 0.621. The number of rotatable bonds is 6. The lowest BCUT2D eigenvalue weighted by atomic mass is 10.2. The second-order valence-electron chi connectivity index (χ2n) is 4.14. The number of nitrogens with one attached hydrogen (secondary N) is 1. The number of benzene rings is 1.